The summed E-state index contributed by atoms with van der Waals surface area (Å²) < 4.78 is 40.4. The largest absolute Gasteiger partial charge is 0.494 e. The van der Waals surface area contributed by atoms with Crippen LogP contribution in [-0.4, -0.2) is 44.7 Å². The van der Waals surface area contributed by atoms with Crippen LogP contribution in [0, 0.1) is 5.92 Å². The first-order valence-corrected chi connectivity index (χ1v) is 14.5. The van der Waals surface area contributed by atoms with Crippen LogP contribution in [0.1, 0.15) is 35.4 Å². The topological polar surface area (TPSA) is 99.1 Å². The Morgan fingerprint density at radius 2 is 1.78 bits per heavy atom. The number of fused-ring (bicyclic) bond motifs is 3. The Balaban J connectivity index is 1.25. The molecular formula is C29H30O7S. The number of hydrogen-bond acceptors (Lipinski definition) is 6. The maximum Gasteiger partial charge on any atom is 0.307 e. The van der Waals surface area contributed by atoms with Crippen molar-refractivity contribution < 1.29 is 32.5 Å². The number of carboxylic acid groups (broad SMARTS) is 1. The van der Waals surface area contributed by atoms with E-state index in [4.69, 9.17) is 19.3 Å². The van der Waals surface area contributed by atoms with Crippen molar-refractivity contribution in [2.75, 3.05) is 25.2 Å². The Kier molecular flexibility index (Phi) is 7.11. The highest BCUT2D eigenvalue weighted by atomic mass is 32.2. The zero-order chi connectivity index (χ0) is 26.0. The number of hydrogen-bond donors (Lipinski definition) is 1. The van der Waals surface area contributed by atoms with E-state index in [1.54, 1.807) is 0 Å². The lowest BCUT2D eigenvalue weighted by Gasteiger charge is -2.13. The highest BCUT2D eigenvalue weighted by Crippen LogP contribution is 2.47. The molecule has 3 aromatic rings. The monoisotopic (exact) mass is 522 g/mol. The van der Waals surface area contributed by atoms with Crippen molar-refractivity contribution in [2.24, 2.45) is 5.92 Å². The molecule has 0 radical (unpaired) electrons. The molecule has 1 fully saturated rings. The second kappa shape index (κ2) is 10.5. The van der Waals surface area contributed by atoms with E-state index in [2.05, 4.69) is 6.07 Å². The van der Waals surface area contributed by atoms with Crippen LogP contribution in [0.2, 0.25) is 0 Å². The quantitative estimate of drug-likeness (QED) is 0.379. The minimum Gasteiger partial charge on any atom is -0.494 e. The maximum atomic E-state index is 11.3. The minimum atomic E-state index is -2.99. The van der Waals surface area contributed by atoms with E-state index >= 15 is 0 Å². The van der Waals surface area contributed by atoms with E-state index in [0.717, 1.165) is 51.5 Å². The Hall–Kier alpha value is -3.52. The summed E-state index contributed by atoms with van der Waals surface area (Å²) in [4.78, 5) is 11.1. The second-order valence-electron chi connectivity index (χ2n) is 9.72. The third-order valence-corrected chi connectivity index (χ3v) is 7.82. The van der Waals surface area contributed by atoms with Crippen LogP contribution in [0.25, 0.3) is 11.1 Å². The van der Waals surface area contributed by atoms with Crippen LogP contribution in [0.15, 0.2) is 60.7 Å². The Bertz CT molecular complexity index is 1400. The summed E-state index contributed by atoms with van der Waals surface area (Å²) >= 11 is 0. The number of aliphatic carboxylic acids is 1. The van der Waals surface area contributed by atoms with Gasteiger partial charge in [-0.15, -0.1) is 0 Å². The van der Waals surface area contributed by atoms with Crippen LogP contribution in [0.4, 0.5) is 0 Å². The number of sulfone groups is 1. The van der Waals surface area contributed by atoms with Crippen LogP contribution < -0.4 is 14.2 Å². The molecule has 1 aliphatic heterocycles. The first-order valence-electron chi connectivity index (χ1n) is 12.4. The van der Waals surface area contributed by atoms with Gasteiger partial charge in [0.2, 0.25) is 0 Å². The molecule has 1 N–H and O–H groups in total. The van der Waals surface area contributed by atoms with Gasteiger partial charge in [0.1, 0.15) is 33.7 Å². The normalized spacial score (nSPS) is 18.1. The maximum absolute atomic E-state index is 11.3. The lowest BCUT2D eigenvalue weighted by atomic mass is 9.96. The first-order chi connectivity index (χ1) is 17.8. The molecule has 194 valence electrons. The van der Waals surface area contributed by atoms with Crippen molar-refractivity contribution in [1.29, 1.82) is 0 Å². The van der Waals surface area contributed by atoms with Crippen molar-refractivity contribution in [2.45, 2.75) is 31.8 Å². The van der Waals surface area contributed by atoms with E-state index < -0.39 is 15.8 Å². The van der Waals surface area contributed by atoms with Crippen molar-refractivity contribution in [3.63, 3.8) is 0 Å². The van der Waals surface area contributed by atoms with E-state index in [0.29, 0.717) is 32.7 Å². The summed E-state index contributed by atoms with van der Waals surface area (Å²) in [7, 11) is -2.99. The van der Waals surface area contributed by atoms with Gasteiger partial charge in [-0.05, 0) is 77.4 Å². The number of carbonyl (C=O) groups is 1. The Labute approximate surface area is 216 Å². The average Bonchev–Trinajstić information content (AvgIpc) is 3.69. The third-order valence-electron chi connectivity index (χ3n) is 6.79. The van der Waals surface area contributed by atoms with Gasteiger partial charge in [-0.3, -0.25) is 4.79 Å². The molecule has 0 aromatic heterocycles. The number of carboxylic acids is 1. The summed E-state index contributed by atoms with van der Waals surface area (Å²) in [5.74, 6) is 1.51. The molecule has 3 aromatic carbocycles. The zero-order valence-electron chi connectivity index (χ0n) is 20.7. The highest BCUT2D eigenvalue weighted by Gasteiger charge is 2.44. The van der Waals surface area contributed by atoms with Crippen LogP contribution in [0.5, 0.6) is 17.2 Å². The number of benzene rings is 3. The fourth-order valence-corrected chi connectivity index (χ4v) is 5.37. The first kappa shape index (κ1) is 25.1. The van der Waals surface area contributed by atoms with Gasteiger partial charge in [-0.25, -0.2) is 8.42 Å². The van der Waals surface area contributed by atoms with Gasteiger partial charge in [-0.2, -0.15) is 0 Å². The van der Waals surface area contributed by atoms with E-state index in [-0.39, 0.29) is 17.6 Å². The molecule has 5 rings (SSSR count). The van der Waals surface area contributed by atoms with Crippen molar-refractivity contribution in [3.8, 4) is 28.4 Å². The van der Waals surface area contributed by atoms with E-state index in [1.807, 2.05) is 54.6 Å². The average molecular weight is 523 g/mol. The highest BCUT2D eigenvalue weighted by molar-refractivity contribution is 7.90. The lowest BCUT2D eigenvalue weighted by molar-refractivity contribution is -0.138. The Morgan fingerprint density at radius 1 is 1.00 bits per heavy atom. The van der Waals surface area contributed by atoms with Gasteiger partial charge >= 0.3 is 5.97 Å². The van der Waals surface area contributed by atoms with Gasteiger partial charge in [0.15, 0.2) is 0 Å². The molecule has 0 saturated heterocycles. The lowest BCUT2D eigenvalue weighted by Crippen LogP contribution is -2.08. The predicted octanol–water partition coefficient (Wildman–Crippen LogP) is 4.87. The van der Waals surface area contributed by atoms with Gasteiger partial charge in [0, 0.05) is 18.2 Å². The van der Waals surface area contributed by atoms with Crippen LogP contribution >= 0.6 is 0 Å². The van der Waals surface area contributed by atoms with Gasteiger partial charge in [-0.1, -0.05) is 24.3 Å². The van der Waals surface area contributed by atoms with Crippen molar-refractivity contribution in [3.05, 3.63) is 77.4 Å². The number of ether oxygens (including phenoxy) is 3. The number of rotatable bonds is 10. The summed E-state index contributed by atoms with van der Waals surface area (Å²) in [6.07, 6.45) is 3.13. The summed E-state index contributed by atoms with van der Waals surface area (Å²) in [6.45, 7) is 1.30. The SMILES string of the molecule is CS(=O)(=O)CCCOc1ccc2c(c1)CCOc1ccc(COc3ccc([C@H]4C[C@@H]4C(=O)O)cc3)cc1-2. The molecule has 0 spiro atoms. The van der Waals surface area contributed by atoms with Crippen molar-refractivity contribution in [1.82, 2.24) is 0 Å². The summed E-state index contributed by atoms with van der Waals surface area (Å²) in [6, 6.07) is 19.7. The molecule has 8 heteroatoms. The minimum absolute atomic E-state index is 0.106. The van der Waals surface area contributed by atoms with Gasteiger partial charge in [0.05, 0.1) is 24.9 Å². The van der Waals surface area contributed by atoms with Crippen molar-refractivity contribution >= 4 is 15.8 Å². The van der Waals surface area contributed by atoms with Gasteiger partial charge in [0.25, 0.3) is 0 Å². The molecule has 1 heterocycles. The van der Waals surface area contributed by atoms with Crippen LogP contribution in [0.3, 0.4) is 0 Å². The molecule has 0 amide bonds. The molecule has 7 nitrogen and oxygen atoms in total. The molecule has 2 aliphatic rings. The molecule has 2 atom stereocenters. The fraction of sp³-hybridized carbons (Fsp3) is 0.345. The standard InChI is InChI=1S/C29H30O7S/c1-37(32,33)14-2-12-34-23-8-9-24-21(16-23)11-13-35-28-10-3-19(15-26(24)28)18-36-22-6-4-20(5-7-22)25-17-27(25)29(30)31/h3-10,15-16,25,27H,2,11-14,17-18H2,1H3,(H,30,31)/t25-,27+/m1/s1. The second-order valence-corrected chi connectivity index (χ2v) is 12.0. The molecule has 0 unspecified atom stereocenters. The molecule has 37 heavy (non-hydrogen) atoms. The fourth-order valence-electron chi connectivity index (χ4n) is 4.73. The molecule has 1 aliphatic carbocycles. The Morgan fingerprint density at radius 3 is 2.51 bits per heavy atom. The molecule has 0 bridgehead atoms. The summed E-state index contributed by atoms with van der Waals surface area (Å²) in [5, 5.41) is 9.14. The predicted molar refractivity (Wildman–Crippen MR) is 140 cm³/mol. The molecular weight excluding hydrogens is 492 g/mol. The van der Waals surface area contributed by atoms with E-state index in [1.165, 1.54) is 6.26 Å². The van der Waals surface area contributed by atoms with Crippen LogP contribution in [-0.2, 0) is 27.7 Å². The van der Waals surface area contributed by atoms with Gasteiger partial charge < -0.3 is 19.3 Å². The smallest absolute Gasteiger partial charge is 0.307 e. The zero-order valence-corrected chi connectivity index (χ0v) is 21.5. The third kappa shape index (κ3) is 6.25. The van der Waals surface area contributed by atoms with E-state index in [9.17, 15) is 13.2 Å². The molecule has 1 saturated carbocycles. The summed E-state index contributed by atoms with van der Waals surface area (Å²) in [5.41, 5.74) is 5.25.